The summed E-state index contributed by atoms with van der Waals surface area (Å²) in [5.74, 6) is 0.583. The Labute approximate surface area is 100 Å². The van der Waals surface area contributed by atoms with Crippen LogP contribution in [0.15, 0.2) is 59.2 Å². The third-order valence-corrected chi connectivity index (χ3v) is 2.47. The molecule has 3 nitrogen and oxygen atoms in total. The van der Waals surface area contributed by atoms with Gasteiger partial charge >= 0.3 is 0 Å². The predicted molar refractivity (Wildman–Crippen MR) is 67.1 cm³/mol. The number of rotatable bonds is 2. The fourth-order valence-corrected chi connectivity index (χ4v) is 1.55. The van der Waals surface area contributed by atoms with Gasteiger partial charge in [0, 0.05) is 23.8 Å². The molecule has 3 heteroatoms. The lowest BCUT2D eigenvalue weighted by Gasteiger charge is -1.99. The first-order chi connectivity index (χ1) is 8.31. The van der Waals surface area contributed by atoms with E-state index in [0.717, 1.165) is 0 Å². The summed E-state index contributed by atoms with van der Waals surface area (Å²) in [7, 11) is 1.57. The predicted octanol–water partition coefficient (Wildman–Crippen LogP) is 2.76. The Bertz CT molecular complexity index is 498. The van der Waals surface area contributed by atoms with Gasteiger partial charge in [-0.25, -0.2) is 4.99 Å². The summed E-state index contributed by atoms with van der Waals surface area (Å²) in [6.45, 7) is 0. The molecule has 1 aliphatic rings. The lowest BCUT2D eigenvalue weighted by atomic mass is 10.0. The van der Waals surface area contributed by atoms with Crippen LogP contribution in [0.5, 0.6) is 0 Å². The van der Waals surface area contributed by atoms with Crippen molar-refractivity contribution in [3.63, 3.8) is 0 Å². The largest absolute Gasteiger partial charge is 0.484 e. The van der Waals surface area contributed by atoms with Crippen molar-refractivity contribution in [2.75, 3.05) is 7.11 Å². The van der Waals surface area contributed by atoms with E-state index in [1.54, 1.807) is 31.5 Å². The smallest absolute Gasteiger partial charge is 0.194 e. The van der Waals surface area contributed by atoms with Gasteiger partial charge in [0.2, 0.25) is 0 Å². The van der Waals surface area contributed by atoms with Crippen molar-refractivity contribution >= 4 is 11.7 Å². The van der Waals surface area contributed by atoms with E-state index in [0.29, 0.717) is 23.5 Å². The van der Waals surface area contributed by atoms with Crippen molar-refractivity contribution in [1.82, 2.24) is 0 Å². The van der Waals surface area contributed by atoms with Gasteiger partial charge < -0.3 is 4.74 Å². The molecule has 0 fully saturated rings. The Kier molecular flexibility index (Phi) is 3.50. The van der Waals surface area contributed by atoms with Crippen LogP contribution < -0.4 is 0 Å². The molecule has 17 heavy (non-hydrogen) atoms. The molecule has 1 aromatic carbocycles. The summed E-state index contributed by atoms with van der Waals surface area (Å²) in [6, 6.07) is 9.16. The zero-order valence-electron chi connectivity index (χ0n) is 9.59. The van der Waals surface area contributed by atoms with Gasteiger partial charge in [0.25, 0.3) is 0 Å². The number of benzene rings is 1. The number of carbonyl (C=O) groups excluding carboxylic acids is 1. The van der Waals surface area contributed by atoms with E-state index in [2.05, 4.69) is 4.99 Å². The van der Waals surface area contributed by atoms with Gasteiger partial charge in [-0.15, -0.1) is 0 Å². The molecular weight excluding hydrogens is 214 g/mol. The molecule has 1 aromatic rings. The van der Waals surface area contributed by atoms with Gasteiger partial charge in [0.05, 0.1) is 7.11 Å². The van der Waals surface area contributed by atoms with Crippen molar-refractivity contribution in [3.8, 4) is 0 Å². The number of ether oxygens (including phenoxy) is 1. The molecular formula is C14H13NO2. The molecule has 0 unspecified atom stereocenters. The lowest BCUT2D eigenvalue weighted by molar-refractivity contribution is 0.103. The average Bonchev–Trinajstić information content (AvgIpc) is 2.64. The number of allylic oxidation sites excluding steroid dienone is 2. The molecule has 0 aromatic heterocycles. The van der Waals surface area contributed by atoms with E-state index < -0.39 is 0 Å². The van der Waals surface area contributed by atoms with E-state index >= 15 is 0 Å². The Hall–Kier alpha value is -2.16. The van der Waals surface area contributed by atoms with Crippen molar-refractivity contribution in [1.29, 1.82) is 0 Å². The highest BCUT2D eigenvalue weighted by molar-refractivity contribution is 6.10. The monoisotopic (exact) mass is 227 g/mol. The minimum absolute atomic E-state index is 0.0250. The molecule has 0 amide bonds. The Morgan fingerprint density at radius 2 is 2.06 bits per heavy atom. The average molecular weight is 227 g/mol. The number of ketones is 1. The number of Topliss-reactive ketones (excluding diaryl/α,β-unsaturated/α-hetero) is 1. The highest BCUT2D eigenvalue weighted by Gasteiger charge is 2.10. The molecule has 0 saturated heterocycles. The number of hydrogen-bond donors (Lipinski definition) is 0. The highest BCUT2D eigenvalue weighted by atomic mass is 16.5. The second-order valence-corrected chi connectivity index (χ2v) is 3.61. The number of aliphatic imine (C=N–C) groups is 1. The quantitative estimate of drug-likeness (QED) is 0.729. The van der Waals surface area contributed by atoms with Gasteiger partial charge in [-0.3, -0.25) is 4.79 Å². The molecule has 0 N–H and O–H groups in total. The van der Waals surface area contributed by atoms with Crippen LogP contribution in [-0.2, 0) is 4.74 Å². The van der Waals surface area contributed by atoms with E-state index in [9.17, 15) is 4.79 Å². The highest BCUT2D eigenvalue weighted by Crippen LogP contribution is 2.12. The van der Waals surface area contributed by atoms with E-state index in [1.807, 2.05) is 24.3 Å². The van der Waals surface area contributed by atoms with Gasteiger partial charge in [0.1, 0.15) is 0 Å². The lowest BCUT2D eigenvalue weighted by Crippen LogP contribution is -2.00. The van der Waals surface area contributed by atoms with Gasteiger partial charge in [0.15, 0.2) is 11.7 Å². The first-order valence-corrected chi connectivity index (χ1v) is 5.38. The molecule has 0 bridgehead atoms. The second-order valence-electron chi connectivity index (χ2n) is 3.61. The molecule has 86 valence electrons. The minimum Gasteiger partial charge on any atom is -0.484 e. The molecule has 0 atom stereocenters. The van der Waals surface area contributed by atoms with Gasteiger partial charge in [-0.05, 0) is 0 Å². The summed E-state index contributed by atoms with van der Waals surface area (Å²) in [5.41, 5.74) is 1.24. The van der Waals surface area contributed by atoms with Crippen molar-refractivity contribution in [2.45, 2.75) is 6.42 Å². The molecule has 1 aliphatic heterocycles. The normalized spacial score (nSPS) is 14.6. The maximum absolute atomic E-state index is 12.1. The third kappa shape index (κ3) is 2.69. The standard InChI is InChI=1S/C14H13NO2/c1-17-13-9-5-8-12(10-15-13)14(16)11-6-3-2-4-7-11/h2-8,10H,9H2,1H3. The van der Waals surface area contributed by atoms with E-state index in [1.165, 1.54) is 0 Å². The zero-order chi connectivity index (χ0) is 12.1. The van der Waals surface area contributed by atoms with Crippen LogP contribution in [0.3, 0.4) is 0 Å². The Morgan fingerprint density at radius 3 is 2.76 bits per heavy atom. The summed E-state index contributed by atoms with van der Waals surface area (Å²) >= 11 is 0. The maximum Gasteiger partial charge on any atom is 0.194 e. The van der Waals surface area contributed by atoms with Crippen LogP contribution in [-0.4, -0.2) is 18.8 Å². The number of nitrogens with zero attached hydrogens (tertiary/aromatic N) is 1. The molecule has 0 spiro atoms. The van der Waals surface area contributed by atoms with E-state index in [-0.39, 0.29) is 5.78 Å². The third-order valence-electron chi connectivity index (χ3n) is 2.47. The molecule has 0 aliphatic carbocycles. The van der Waals surface area contributed by atoms with Crippen LogP contribution in [0, 0.1) is 0 Å². The second kappa shape index (κ2) is 5.25. The number of carbonyl (C=O) groups is 1. The van der Waals surface area contributed by atoms with Crippen molar-refractivity contribution in [2.24, 2.45) is 4.99 Å². The maximum atomic E-state index is 12.1. The Morgan fingerprint density at radius 1 is 1.29 bits per heavy atom. The molecule has 2 rings (SSSR count). The van der Waals surface area contributed by atoms with Crippen LogP contribution in [0.1, 0.15) is 16.8 Å². The van der Waals surface area contributed by atoms with Crippen LogP contribution in [0.25, 0.3) is 0 Å². The summed E-state index contributed by atoms with van der Waals surface area (Å²) in [5, 5.41) is 0. The van der Waals surface area contributed by atoms with Crippen LogP contribution in [0.2, 0.25) is 0 Å². The topological polar surface area (TPSA) is 38.7 Å². The summed E-state index contributed by atoms with van der Waals surface area (Å²) in [4.78, 5) is 16.2. The van der Waals surface area contributed by atoms with Gasteiger partial charge in [-0.2, -0.15) is 0 Å². The first-order valence-electron chi connectivity index (χ1n) is 5.38. The zero-order valence-corrected chi connectivity index (χ0v) is 9.59. The fourth-order valence-electron chi connectivity index (χ4n) is 1.55. The van der Waals surface area contributed by atoms with Crippen molar-refractivity contribution in [3.05, 3.63) is 59.8 Å². The molecule has 0 saturated carbocycles. The number of methoxy groups -OCH3 is 1. The Balaban J connectivity index is 2.27. The minimum atomic E-state index is -0.0250. The molecule has 1 heterocycles. The summed E-state index contributed by atoms with van der Waals surface area (Å²) in [6.07, 6.45) is 5.82. The van der Waals surface area contributed by atoms with Gasteiger partial charge in [-0.1, -0.05) is 42.5 Å². The SMILES string of the molecule is COC1=NC=C(C(=O)c2ccccc2)C=CC1. The van der Waals surface area contributed by atoms with Crippen LogP contribution in [0.4, 0.5) is 0 Å². The fraction of sp³-hybridized carbons (Fsp3) is 0.143. The van der Waals surface area contributed by atoms with Crippen molar-refractivity contribution < 1.29 is 9.53 Å². The first kappa shape index (κ1) is 11.3. The van der Waals surface area contributed by atoms with E-state index in [4.69, 9.17) is 4.74 Å². The number of hydrogen-bond acceptors (Lipinski definition) is 3. The van der Waals surface area contributed by atoms with Crippen LogP contribution >= 0.6 is 0 Å². The molecule has 0 radical (unpaired) electrons. The summed E-state index contributed by atoms with van der Waals surface area (Å²) < 4.78 is 5.05.